The van der Waals surface area contributed by atoms with Gasteiger partial charge in [0.25, 0.3) is 5.91 Å². The number of hydrogen-bond donors (Lipinski definition) is 1. The van der Waals surface area contributed by atoms with Gasteiger partial charge in [0.2, 0.25) is 12.1 Å². The quantitative estimate of drug-likeness (QED) is 0.430. The Morgan fingerprint density at radius 1 is 1.41 bits per heavy atom. The van der Waals surface area contributed by atoms with Crippen molar-refractivity contribution in [3.05, 3.63) is 45.5 Å². The molecule has 0 bridgehead atoms. The second-order valence-electron chi connectivity index (χ2n) is 6.30. The summed E-state index contributed by atoms with van der Waals surface area (Å²) < 4.78 is 10.2. The van der Waals surface area contributed by atoms with Crippen LogP contribution in [0.25, 0.3) is 5.70 Å². The summed E-state index contributed by atoms with van der Waals surface area (Å²) in [6.45, 7) is 3.76. The van der Waals surface area contributed by atoms with Crippen molar-refractivity contribution >= 4 is 17.6 Å². The van der Waals surface area contributed by atoms with Crippen LogP contribution in [0.2, 0.25) is 0 Å². The van der Waals surface area contributed by atoms with Gasteiger partial charge in [-0.25, -0.2) is 4.79 Å². The first-order chi connectivity index (χ1) is 12.7. The van der Waals surface area contributed by atoms with Crippen molar-refractivity contribution in [2.24, 2.45) is 0 Å². The highest BCUT2D eigenvalue weighted by Gasteiger charge is 2.59. The van der Waals surface area contributed by atoms with Crippen molar-refractivity contribution in [3.8, 4) is 5.75 Å². The first-order valence-electron chi connectivity index (χ1n) is 8.41. The van der Waals surface area contributed by atoms with Crippen LogP contribution in [0, 0.1) is 10.1 Å². The zero-order valence-corrected chi connectivity index (χ0v) is 15.6. The number of hydrogen-bond acceptors (Lipinski definition) is 7. The van der Waals surface area contributed by atoms with Crippen LogP contribution in [0.4, 0.5) is 0 Å². The molecule has 0 radical (unpaired) electrons. The van der Waals surface area contributed by atoms with E-state index in [0.29, 0.717) is 11.3 Å². The molecule has 2 rings (SSSR count). The summed E-state index contributed by atoms with van der Waals surface area (Å²) in [5.74, 6) is -1.45. The first kappa shape index (κ1) is 20.4. The zero-order valence-electron chi connectivity index (χ0n) is 15.6. The fourth-order valence-corrected chi connectivity index (χ4v) is 3.07. The van der Waals surface area contributed by atoms with E-state index in [1.807, 2.05) is 0 Å². The third-order valence-electron chi connectivity index (χ3n) is 4.16. The van der Waals surface area contributed by atoms with Crippen LogP contribution in [0.5, 0.6) is 5.75 Å². The smallest absolute Gasteiger partial charge is 0.339 e. The summed E-state index contributed by atoms with van der Waals surface area (Å²) in [5, 5.41) is 22.1. The van der Waals surface area contributed by atoms with Crippen molar-refractivity contribution < 1.29 is 29.1 Å². The van der Waals surface area contributed by atoms with Gasteiger partial charge in [0, 0.05) is 16.5 Å². The van der Waals surface area contributed by atoms with E-state index in [4.69, 9.17) is 9.47 Å². The standard InChI is InChI=1S/C18H22N2O7/c1-5-27-16(21)14-15(12-7-6-8-13(9-12)26-4)20(11(2)3)17(22)18(14,23)10-19(24)25/h6-9,11,23H,5,10H2,1-4H3/t18-/m1/s1. The number of carbonyl (C=O) groups excluding carboxylic acids is 2. The Morgan fingerprint density at radius 2 is 2.07 bits per heavy atom. The molecule has 1 N–H and O–H groups in total. The third-order valence-corrected chi connectivity index (χ3v) is 4.16. The average molecular weight is 378 g/mol. The van der Waals surface area contributed by atoms with E-state index in [2.05, 4.69) is 0 Å². The van der Waals surface area contributed by atoms with Crippen molar-refractivity contribution in [1.82, 2.24) is 4.90 Å². The number of carbonyl (C=O) groups is 2. The summed E-state index contributed by atoms with van der Waals surface area (Å²) in [5.41, 5.74) is -2.57. The number of amides is 1. The lowest BCUT2D eigenvalue weighted by atomic mass is 9.93. The molecule has 0 saturated heterocycles. The van der Waals surface area contributed by atoms with Crippen molar-refractivity contribution in [3.63, 3.8) is 0 Å². The van der Waals surface area contributed by atoms with Gasteiger partial charge in [-0.1, -0.05) is 12.1 Å². The van der Waals surface area contributed by atoms with Gasteiger partial charge in [0.15, 0.2) is 0 Å². The van der Waals surface area contributed by atoms with Gasteiger partial charge < -0.3 is 19.5 Å². The van der Waals surface area contributed by atoms with Crippen molar-refractivity contribution in [2.75, 3.05) is 20.3 Å². The minimum Gasteiger partial charge on any atom is -0.497 e. The van der Waals surface area contributed by atoms with E-state index in [-0.39, 0.29) is 12.3 Å². The molecular formula is C18H22N2O7. The molecule has 0 aliphatic carbocycles. The molecule has 1 atom stereocenters. The molecule has 1 heterocycles. The molecule has 146 valence electrons. The molecule has 0 unspecified atom stereocenters. The fourth-order valence-electron chi connectivity index (χ4n) is 3.07. The Bertz CT molecular complexity index is 803. The van der Waals surface area contributed by atoms with Crippen LogP contribution in [0.15, 0.2) is 29.8 Å². The van der Waals surface area contributed by atoms with Crippen molar-refractivity contribution in [1.29, 1.82) is 0 Å². The second kappa shape index (κ2) is 7.75. The highest BCUT2D eigenvalue weighted by molar-refractivity contribution is 6.15. The number of methoxy groups -OCH3 is 1. The zero-order chi connectivity index (χ0) is 20.4. The van der Waals surface area contributed by atoms with Crippen molar-refractivity contribution in [2.45, 2.75) is 32.4 Å². The van der Waals surface area contributed by atoms with Crippen LogP contribution in [0.1, 0.15) is 26.3 Å². The van der Waals surface area contributed by atoms with E-state index >= 15 is 0 Å². The van der Waals surface area contributed by atoms with Gasteiger partial charge in [-0.15, -0.1) is 0 Å². The predicted molar refractivity (Wildman–Crippen MR) is 95.3 cm³/mol. The van der Waals surface area contributed by atoms with Crippen LogP contribution >= 0.6 is 0 Å². The maximum absolute atomic E-state index is 13.0. The van der Waals surface area contributed by atoms with E-state index in [1.165, 1.54) is 12.0 Å². The van der Waals surface area contributed by atoms with Gasteiger partial charge in [0.05, 0.1) is 19.4 Å². The molecule has 1 aliphatic heterocycles. The maximum atomic E-state index is 13.0. The minimum atomic E-state index is -2.61. The molecule has 9 nitrogen and oxygen atoms in total. The monoisotopic (exact) mass is 378 g/mol. The van der Waals surface area contributed by atoms with Crippen LogP contribution < -0.4 is 4.74 Å². The summed E-state index contributed by atoms with van der Waals surface area (Å²) in [6.07, 6.45) is 0. The van der Waals surface area contributed by atoms with Gasteiger partial charge in [0.1, 0.15) is 11.3 Å². The van der Waals surface area contributed by atoms with Crippen LogP contribution in [0.3, 0.4) is 0 Å². The number of benzene rings is 1. The lowest BCUT2D eigenvalue weighted by molar-refractivity contribution is -0.494. The molecule has 1 aromatic rings. The fraction of sp³-hybridized carbons (Fsp3) is 0.444. The number of esters is 1. The lowest BCUT2D eigenvalue weighted by Crippen LogP contribution is -2.50. The molecule has 27 heavy (non-hydrogen) atoms. The molecule has 1 aliphatic rings. The highest BCUT2D eigenvalue weighted by Crippen LogP contribution is 2.41. The highest BCUT2D eigenvalue weighted by atomic mass is 16.6. The molecule has 0 aromatic heterocycles. The number of ether oxygens (including phenoxy) is 2. The first-order valence-corrected chi connectivity index (χ1v) is 8.41. The van der Waals surface area contributed by atoms with E-state index < -0.39 is 40.6 Å². The van der Waals surface area contributed by atoms with Crippen LogP contribution in [-0.2, 0) is 14.3 Å². The van der Waals surface area contributed by atoms with E-state index in [9.17, 15) is 24.8 Å². The summed E-state index contributed by atoms with van der Waals surface area (Å²) in [4.78, 5) is 37.1. The molecule has 1 amide bonds. The normalized spacial score (nSPS) is 19.6. The molecule has 0 fully saturated rings. The molecular weight excluding hydrogens is 356 g/mol. The SMILES string of the molecule is CCOC(=O)C1=C(c2cccc(OC)c2)N(C(C)C)C(=O)[C@@]1(O)C[N+](=O)[O-]. The molecule has 0 spiro atoms. The van der Waals surface area contributed by atoms with Gasteiger partial charge in [-0.05, 0) is 32.9 Å². The Labute approximate surface area is 156 Å². The molecule has 0 saturated carbocycles. The Morgan fingerprint density at radius 3 is 2.59 bits per heavy atom. The predicted octanol–water partition coefficient (Wildman–Crippen LogP) is 1.23. The third kappa shape index (κ3) is 3.63. The Kier molecular flexibility index (Phi) is 5.85. The maximum Gasteiger partial charge on any atom is 0.339 e. The summed E-state index contributed by atoms with van der Waals surface area (Å²) in [6, 6.07) is 6.06. The van der Waals surface area contributed by atoms with E-state index in [0.717, 1.165) is 0 Å². The second-order valence-corrected chi connectivity index (χ2v) is 6.30. The number of nitro groups is 1. The number of aliphatic hydroxyl groups is 1. The Balaban J connectivity index is 2.82. The average Bonchev–Trinajstić information content (AvgIpc) is 2.82. The molecule has 1 aromatic carbocycles. The van der Waals surface area contributed by atoms with E-state index in [1.54, 1.807) is 45.0 Å². The van der Waals surface area contributed by atoms with Gasteiger partial charge >= 0.3 is 5.97 Å². The lowest BCUT2D eigenvalue weighted by Gasteiger charge is -2.26. The number of rotatable bonds is 7. The topological polar surface area (TPSA) is 119 Å². The summed E-state index contributed by atoms with van der Waals surface area (Å²) >= 11 is 0. The largest absolute Gasteiger partial charge is 0.497 e. The summed E-state index contributed by atoms with van der Waals surface area (Å²) in [7, 11) is 1.46. The molecule has 9 heteroatoms. The number of nitrogens with zero attached hydrogens (tertiary/aromatic N) is 2. The Hall–Kier alpha value is -2.94. The minimum absolute atomic E-state index is 0.0157. The van der Waals surface area contributed by atoms with Gasteiger partial charge in [-0.2, -0.15) is 0 Å². The van der Waals surface area contributed by atoms with Gasteiger partial charge in [-0.3, -0.25) is 14.9 Å². The van der Waals surface area contributed by atoms with Crippen LogP contribution in [-0.4, -0.2) is 58.7 Å².